The van der Waals surface area contributed by atoms with Crippen molar-refractivity contribution >= 4 is 0 Å². The molecule has 1 fully saturated rings. The fourth-order valence-electron chi connectivity index (χ4n) is 2.62. The molecule has 1 aliphatic rings. The third-order valence-electron chi connectivity index (χ3n) is 3.65. The molecule has 1 aliphatic heterocycles. The Morgan fingerprint density at radius 1 is 1.18 bits per heavy atom. The van der Waals surface area contributed by atoms with E-state index in [1.54, 1.807) is 6.07 Å². The summed E-state index contributed by atoms with van der Waals surface area (Å²) in [5, 5.41) is 7.78. The van der Waals surface area contributed by atoms with Crippen molar-refractivity contribution in [3.05, 3.63) is 36.5 Å². The summed E-state index contributed by atoms with van der Waals surface area (Å²) >= 11 is 0. The van der Waals surface area contributed by atoms with Crippen molar-refractivity contribution in [3.63, 3.8) is 0 Å². The fraction of sp³-hybridized carbons (Fsp3) is 0.400. The summed E-state index contributed by atoms with van der Waals surface area (Å²) in [5.74, 6) is -0.235. The summed E-state index contributed by atoms with van der Waals surface area (Å²) in [6.07, 6.45) is -0.813. The Hall–Kier alpha value is -2.02. The number of hydrogen-bond acceptors (Lipinski definition) is 3. The van der Waals surface area contributed by atoms with Crippen LogP contribution in [0, 0.1) is 0 Å². The molecule has 1 aromatic heterocycles. The molecule has 1 saturated heterocycles. The van der Waals surface area contributed by atoms with Crippen molar-refractivity contribution in [1.82, 2.24) is 15.1 Å². The molecule has 0 saturated carbocycles. The topological polar surface area (TPSA) is 39.1 Å². The maximum atomic E-state index is 12.3. The molecule has 118 valence electrons. The Labute approximate surface area is 125 Å². The predicted molar refractivity (Wildman–Crippen MR) is 75.5 cm³/mol. The summed E-state index contributed by atoms with van der Waals surface area (Å²) in [4.78, 5) is 0. The number of nitrogens with one attached hydrogen (secondary N) is 1. The second-order valence-corrected chi connectivity index (χ2v) is 5.24. The third kappa shape index (κ3) is 3.59. The predicted octanol–water partition coefficient (Wildman–Crippen LogP) is 3.37. The van der Waals surface area contributed by atoms with E-state index in [-0.39, 0.29) is 5.75 Å². The Balaban J connectivity index is 1.79. The Morgan fingerprint density at radius 2 is 1.95 bits per heavy atom. The van der Waals surface area contributed by atoms with Crippen LogP contribution in [0.5, 0.6) is 5.75 Å². The molecule has 2 heterocycles. The zero-order chi connectivity index (χ0) is 15.6. The van der Waals surface area contributed by atoms with Crippen molar-refractivity contribution < 1.29 is 17.9 Å². The highest BCUT2D eigenvalue weighted by Gasteiger charge is 2.31. The van der Waals surface area contributed by atoms with Gasteiger partial charge in [0.25, 0.3) is 0 Å². The van der Waals surface area contributed by atoms with E-state index in [0.29, 0.717) is 17.3 Å². The lowest BCUT2D eigenvalue weighted by Gasteiger charge is -2.22. The largest absolute Gasteiger partial charge is 0.573 e. The smallest absolute Gasteiger partial charge is 0.406 e. The van der Waals surface area contributed by atoms with Gasteiger partial charge in [-0.05, 0) is 44.1 Å². The van der Waals surface area contributed by atoms with Crippen LogP contribution in [0.2, 0.25) is 0 Å². The summed E-state index contributed by atoms with van der Waals surface area (Å²) in [5.41, 5.74) is 1.25. The van der Waals surface area contributed by atoms with Crippen molar-refractivity contribution in [3.8, 4) is 17.0 Å². The average Bonchev–Trinajstić information content (AvgIpc) is 2.96. The Bertz CT molecular complexity index is 633. The molecule has 2 aromatic rings. The first-order chi connectivity index (χ1) is 10.5. The van der Waals surface area contributed by atoms with Gasteiger partial charge in [-0.25, -0.2) is 0 Å². The average molecular weight is 311 g/mol. The number of nitrogens with zero attached hydrogens (tertiary/aromatic N) is 2. The SMILES string of the molecule is FC(F)(F)Oc1cccc(-c2ccn(C3CCNCC3)n2)c1. The molecule has 0 aliphatic carbocycles. The van der Waals surface area contributed by atoms with Gasteiger partial charge in [0.2, 0.25) is 0 Å². The highest BCUT2D eigenvalue weighted by Crippen LogP contribution is 2.28. The van der Waals surface area contributed by atoms with Gasteiger partial charge < -0.3 is 10.1 Å². The van der Waals surface area contributed by atoms with Crippen molar-refractivity contribution in [2.24, 2.45) is 0 Å². The number of hydrogen-bond donors (Lipinski definition) is 1. The first-order valence-electron chi connectivity index (χ1n) is 7.13. The lowest BCUT2D eigenvalue weighted by atomic mass is 10.1. The van der Waals surface area contributed by atoms with Crippen LogP contribution < -0.4 is 10.1 Å². The van der Waals surface area contributed by atoms with Gasteiger partial charge in [0.15, 0.2) is 0 Å². The maximum absolute atomic E-state index is 12.3. The molecule has 0 radical (unpaired) electrons. The zero-order valence-corrected chi connectivity index (χ0v) is 11.8. The van der Waals surface area contributed by atoms with Crippen LogP contribution in [0.3, 0.4) is 0 Å². The van der Waals surface area contributed by atoms with Gasteiger partial charge in [-0.3, -0.25) is 4.68 Å². The van der Waals surface area contributed by atoms with E-state index in [4.69, 9.17) is 0 Å². The molecule has 4 nitrogen and oxygen atoms in total. The van der Waals surface area contributed by atoms with Gasteiger partial charge in [-0.2, -0.15) is 5.10 Å². The third-order valence-corrected chi connectivity index (χ3v) is 3.65. The van der Waals surface area contributed by atoms with Crippen LogP contribution in [0.25, 0.3) is 11.3 Å². The van der Waals surface area contributed by atoms with Crippen molar-refractivity contribution in [2.45, 2.75) is 25.2 Å². The first kappa shape index (κ1) is 14.9. The van der Waals surface area contributed by atoms with E-state index in [1.165, 1.54) is 18.2 Å². The van der Waals surface area contributed by atoms with Crippen molar-refractivity contribution in [2.75, 3.05) is 13.1 Å². The number of aromatic nitrogens is 2. The van der Waals surface area contributed by atoms with Crippen LogP contribution in [-0.4, -0.2) is 29.2 Å². The molecule has 0 bridgehead atoms. The van der Waals surface area contributed by atoms with E-state index < -0.39 is 6.36 Å². The molecule has 22 heavy (non-hydrogen) atoms. The van der Waals surface area contributed by atoms with Crippen molar-refractivity contribution in [1.29, 1.82) is 0 Å². The highest BCUT2D eigenvalue weighted by molar-refractivity contribution is 5.60. The van der Waals surface area contributed by atoms with Crippen LogP contribution in [-0.2, 0) is 0 Å². The van der Waals surface area contributed by atoms with Crippen LogP contribution >= 0.6 is 0 Å². The number of ether oxygens (including phenoxy) is 1. The van der Waals surface area contributed by atoms with Gasteiger partial charge in [-0.15, -0.1) is 13.2 Å². The molecule has 0 amide bonds. The summed E-state index contributed by atoms with van der Waals surface area (Å²) in [6, 6.07) is 8.03. The molecule has 1 aromatic carbocycles. The number of piperidine rings is 1. The van der Waals surface area contributed by atoms with Crippen LogP contribution in [0.1, 0.15) is 18.9 Å². The van der Waals surface area contributed by atoms with Crippen LogP contribution in [0.4, 0.5) is 13.2 Å². The minimum atomic E-state index is -4.69. The monoisotopic (exact) mass is 311 g/mol. The number of rotatable bonds is 3. The highest BCUT2D eigenvalue weighted by atomic mass is 19.4. The van der Waals surface area contributed by atoms with Gasteiger partial charge in [-0.1, -0.05) is 12.1 Å². The van der Waals surface area contributed by atoms with Gasteiger partial charge in [0, 0.05) is 11.8 Å². The lowest BCUT2D eigenvalue weighted by molar-refractivity contribution is -0.274. The molecule has 0 spiro atoms. The standard InChI is InChI=1S/C15H16F3N3O/c16-15(17,18)22-13-3-1-2-11(10-13)14-6-9-21(20-14)12-4-7-19-8-5-12/h1-3,6,9-10,12,19H,4-5,7-8H2. The van der Waals surface area contributed by atoms with E-state index in [2.05, 4.69) is 15.2 Å². The second-order valence-electron chi connectivity index (χ2n) is 5.24. The first-order valence-corrected chi connectivity index (χ1v) is 7.13. The van der Waals surface area contributed by atoms with Crippen LogP contribution in [0.15, 0.2) is 36.5 Å². The maximum Gasteiger partial charge on any atom is 0.573 e. The summed E-state index contributed by atoms with van der Waals surface area (Å²) in [7, 11) is 0. The molecule has 0 unspecified atom stereocenters. The Kier molecular flexibility index (Phi) is 4.06. The molecule has 7 heteroatoms. The number of halogens is 3. The number of alkyl halides is 3. The molecular formula is C15H16F3N3O. The van der Waals surface area contributed by atoms with Gasteiger partial charge in [0.05, 0.1) is 11.7 Å². The second kappa shape index (κ2) is 6.00. The van der Waals surface area contributed by atoms with E-state index >= 15 is 0 Å². The molecular weight excluding hydrogens is 295 g/mol. The zero-order valence-electron chi connectivity index (χ0n) is 11.8. The minimum Gasteiger partial charge on any atom is -0.406 e. The quantitative estimate of drug-likeness (QED) is 0.944. The lowest BCUT2D eigenvalue weighted by Crippen LogP contribution is -2.29. The summed E-state index contributed by atoms with van der Waals surface area (Å²) in [6.45, 7) is 1.91. The molecule has 3 rings (SSSR count). The fourth-order valence-corrected chi connectivity index (χ4v) is 2.62. The van der Waals surface area contributed by atoms with E-state index in [9.17, 15) is 13.2 Å². The minimum absolute atomic E-state index is 0.235. The normalized spacial score (nSPS) is 16.7. The van der Waals surface area contributed by atoms with E-state index in [1.807, 2.05) is 16.9 Å². The molecule has 0 atom stereocenters. The number of benzene rings is 1. The van der Waals surface area contributed by atoms with Gasteiger partial charge in [0.1, 0.15) is 5.75 Å². The molecule has 1 N–H and O–H groups in total. The Morgan fingerprint density at radius 3 is 2.68 bits per heavy atom. The summed E-state index contributed by atoms with van der Waals surface area (Å²) < 4.78 is 42.7. The van der Waals surface area contributed by atoms with E-state index in [0.717, 1.165) is 25.9 Å². The van der Waals surface area contributed by atoms with Gasteiger partial charge >= 0.3 is 6.36 Å².